The Bertz CT molecular complexity index is 226. The second-order valence-corrected chi connectivity index (χ2v) is 3.99. The van der Waals surface area contributed by atoms with Crippen LogP contribution in [0.15, 0.2) is 11.7 Å². The molecule has 0 bridgehead atoms. The molecule has 1 fully saturated rings. The van der Waals surface area contributed by atoms with Crippen molar-refractivity contribution in [3.8, 4) is 0 Å². The number of piperazine rings is 1. The maximum Gasteiger partial charge on any atom is 0.111 e. The quantitative estimate of drug-likeness (QED) is 0.644. The molecule has 1 aliphatic heterocycles. The molecule has 1 aromatic rings. The smallest absolute Gasteiger partial charge is 0.111 e. The van der Waals surface area contributed by atoms with Gasteiger partial charge in [0.1, 0.15) is 5.00 Å². The fourth-order valence-electron chi connectivity index (χ4n) is 1.39. The minimum absolute atomic E-state index is 1.14. The summed E-state index contributed by atoms with van der Waals surface area (Å²) < 4.78 is 0. The van der Waals surface area contributed by atoms with E-state index in [-0.39, 0.29) is 0 Å². The lowest BCUT2D eigenvalue weighted by molar-refractivity contribution is 0.313. The molecule has 12 heavy (non-hydrogen) atoms. The average Bonchev–Trinajstić information content (AvgIpc) is 2.58. The first-order chi connectivity index (χ1) is 5.86. The van der Waals surface area contributed by atoms with Crippen LogP contribution < -0.4 is 4.90 Å². The first kappa shape index (κ1) is 8.01. The molecular weight excluding hydrogens is 170 g/mol. The van der Waals surface area contributed by atoms with Crippen molar-refractivity contribution in [2.75, 3.05) is 38.1 Å². The van der Waals surface area contributed by atoms with Crippen LogP contribution >= 0.6 is 11.3 Å². The van der Waals surface area contributed by atoms with Gasteiger partial charge in [-0.15, -0.1) is 11.3 Å². The predicted octanol–water partition coefficient (Wildman–Crippen LogP) is 0.895. The molecule has 1 saturated heterocycles. The summed E-state index contributed by atoms with van der Waals surface area (Å²) in [4.78, 5) is 8.84. The highest BCUT2D eigenvalue weighted by atomic mass is 32.1. The van der Waals surface area contributed by atoms with Crippen LogP contribution in [0.25, 0.3) is 0 Å². The molecule has 0 aliphatic carbocycles. The zero-order chi connectivity index (χ0) is 8.39. The van der Waals surface area contributed by atoms with E-state index < -0.39 is 0 Å². The van der Waals surface area contributed by atoms with Crippen LogP contribution in [0.2, 0.25) is 0 Å². The van der Waals surface area contributed by atoms with Crippen molar-refractivity contribution in [3.63, 3.8) is 0 Å². The van der Waals surface area contributed by atoms with Crippen molar-refractivity contribution in [3.05, 3.63) is 11.7 Å². The molecule has 0 unspecified atom stereocenters. The van der Waals surface area contributed by atoms with E-state index in [1.54, 1.807) is 11.3 Å². The summed E-state index contributed by atoms with van der Waals surface area (Å²) in [5.74, 6) is 0. The number of rotatable bonds is 1. The Kier molecular flexibility index (Phi) is 2.28. The van der Waals surface area contributed by atoms with E-state index in [9.17, 15) is 0 Å². The monoisotopic (exact) mass is 183 g/mol. The molecule has 0 amide bonds. The van der Waals surface area contributed by atoms with Gasteiger partial charge in [-0.2, -0.15) is 0 Å². The summed E-state index contributed by atoms with van der Waals surface area (Å²) in [6.45, 7) is 4.60. The van der Waals surface area contributed by atoms with Gasteiger partial charge >= 0.3 is 0 Å². The van der Waals surface area contributed by atoms with Gasteiger partial charge in [0.25, 0.3) is 0 Å². The number of anilines is 1. The Morgan fingerprint density at radius 1 is 1.33 bits per heavy atom. The van der Waals surface area contributed by atoms with E-state index in [2.05, 4.69) is 21.8 Å². The van der Waals surface area contributed by atoms with Crippen LogP contribution in [0.1, 0.15) is 0 Å². The highest BCUT2D eigenvalue weighted by Crippen LogP contribution is 2.19. The van der Waals surface area contributed by atoms with Gasteiger partial charge < -0.3 is 9.80 Å². The van der Waals surface area contributed by atoms with Crippen molar-refractivity contribution in [1.82, 2.24) is 9.88 Å². The lowest BCUT2D eigenvalue weighted by Gasteiger charge is -2.32. The fourth-order valence-corrected chi connectivity index (χ4v) is 2.08. The Morgan fingerprint density at radius 3 is 2.67 bits per heavy atom. The summed E-state index contributed by atoms with van der Waals surface area (Å²) >= 11 is 1.73. The first-order valence-electron chi connectivity index (χ1n) is 4.18. The molecule has 0 radical (unpaired) electrons. The van der Waals surface area contributed by atoms with E-state index >= 15 is 0 Å². The van der Waals surface area contributed by atoms with Gasteiger partial charge in [-0.25, -0.2) is 0 Å². The number of thiazole rings is 1. The van der Waals surface area contributed by atoms with E-state index in [1.807, 2.05) is 11.7 Å². The van der Waals surface area contributed by atoms with Gasteiger partial charge in [0.2, 0.25) is 0 Å². The Hall–Kier alpha value is -0.610. The molecule has 1 aromatic heterocycles. The third-order valence-electron chi connectivity index (χ3n) is 2.23. The van der Waals surface area contributed by atoms with Crippen LogP contribution in [0.3, 0.4) is 0 Å². The van der Waals surface area contributed by atoms with Gasteiger partial charge in [-0.3, -0.25) is 4.98 Å². The first-order valence-corrected chi connectivity index (χ1v) is 5.06. The van der Waals surface area contributed by atoms with Gasteiger partial charge in [0, 0.05) is 26.2 Å². The second-order valence-electron chi connectivity index (χ2n) is 3.13. The summed E-state index contributed by atoms with van der Waals surface area (Å²) in [5, 5.41) is 1.31. The number of nitrogens with zero attached hydrogens (tertiary/aromatic N) is 3. The third kappa shape index (κ3) is 1.59. The lowest BCUT2D eigenvalue weighted by atomic mass is 10.3. The highest BCUT2D eigenvalue weighted by Gasteiger charge is 2.14. The topological polar surface area (TPSA) is 19.4 Å². The molecule has 0 spiro atoms. The average molecular weight is 183 g/mol. The summed E-state index contributed by atoms with van der Waals surface area (Å²) in [6.07, 6.45) is 1.95. The minimum atomic E-state index is 1.14. The molecule has 4 heteroatoms. The van der Waals surface area contributed by atoms with Crippen molar-refractivity contribution < 1.29 is 0 Å². The molecule has 2 rings (SSSR count). The zero-order valence-electron chi connectivity index (χ0n) is 7.23. The normalized spacial score (nSPS) is 19.9. The molecule has 66 valence electrons. The molecule has 1 aliphatic rings. The van der Waals surface area contributed by atoms with Crippen molar-refractivity contribution in [2.45, 2.75) is 0 Å². The van der Waals surface area contributed by atoms with Gasteiger partial charge in [0.05, 0.1) is 11.7 Å². The SMILES string of the molecule is CN1CCN(c2cncs2)CC1. The van der Waals surface area contributed by atoms with Gasteiger partial charge in [-0.1, -0.05) is 0 Å². The molecule has 0 N–H and O–H groups in total. The van der Waals surface area contributed by atoms with Crippen molar-refractivity contribution in [2.24, 2.45) is 0 Å². The molecular formula is C8H13N3S. The standard InChI is InChI=1S/C8H13N3S/c1-10-2-4-11(5-3-10)8-6-9-7-12-8/h6-7H,2-5H2,1H3. The van der Waals surface area contributed by atoms with E-state index in [0.29, 0.717) is 0 Å². The maximum absolute atomic E-state index is 4.08. The molecule has 2 heterocycles. The van der Waals surface area contributed by atoms with Crippen LogP contribution in [0.5, 0.6) is 0 Å². The van der Waals surface area contributed by atoms with Gasteiger partial charge in [0.15, 0.2) is 0 Å². The maximum atomic E-state index is 4.08. The number of aromatic nitrogens is 1. The van der Waals surface area contributed by atoms with E-state index in [4.69, 9.17) is 0 Å². The Labute approximate surface area is 76.6 Å². The lowest BCUT2D eigenvalue weighted by Crippen LogP contribution is -2.44. The number of likely N-dealkylation sites (N-methyl/N-ethyl adjacent to an activating group) is 1. The fraction of sp³-hybridized carbons (Fsp3) is 0.625. The van der Waals surface area contributed by atoms with Crippen molar-refractivity contribution in [1.29, 1.82) is 0 Å². The van der Waals surface area contributed by atoms with Crippen LogP contribution in [-0.2, 0) is 0 Å². The van der Waals surface area contributed by atoms with Crippen LogP contribution in [0.4, 0.5) is 5.00 Å². The predicted molar refractivity (Wildman–Crippen MR) is 51.8 cm³/mol. The summed E-state index contributed by atoms with van der Waals surface area (Å²) in [7, 11) is 2.17. The molecule has 0 atom stereocenters. The van der Waals surface area contributed by atoms with Crippen LogP contribution in [-0.4, -0.2) is 43.1 Å². The molecule has 0 aromatic carbocycles. The van der Waals surface area contributed by atoms with Crippen molar-refractivity contribution >= 4 is 16.3 Å². The zero-order valence-corrected chi connectivity index (χ0v) is 8.05. The summed E-state index contributed by atoms with van der Waals surface area (Å²) in [6, 6.07) is 0. The molecule has 3 nitrogen and oxygen atoms in total. The Morgan fingerprint density at radius 2 is 2.08 bits per heavy atom. The highest BCUT2D eigenvalue weighted by molar-refractivity contribution is 7.13. The number of hydrogen-bond donors (Lipinski definition) is 0. The van der Waals surface area contributed by atoms with E-state index in [1.165, 1.54) is 5.00 Å². The van der Waals surface area contributed by atoms with Crippen LogP contribution in [0, 0.1) is 0 Å². The third-order valence-corrected chi connectivity index (χ3v) is 3.07. The largest absolute Gasteiger partial charge is 0.360 e. The summed E-state index contributed by atoms with van der Waals surface area (Å²) in [5.41, 5.74) is 1.90. The number of hydrogen-bond acceptors (Lipinski definition) is 4. The van der Waals surface area contributed by atoms with Gasteiger partial charge in [-0.05, 0) is 7.05 Å². The second kappa shape index (κ2) is 3.41. The molecule has 0 saturated carbocycles. The Balaban J connectivity index is 1.99. The van der Waals surface area contributed by atoms with E-state index in [0.717, 1.165) is 26.2 Å². The minimum Gasteiger partial charge on any atom is -0.360 e.